The van der Waals surface area contributed by atoms with Crippen molar-refractivity contribution in [3.63, 3.8) is 0 Å². The fourth-order valence-electron chi connectivity index (χ4n) is 3.97. The highest BCUT2D eigenvalue weighted by atomic mass is 32.1. The van der Waals surface area contributed by atoms with Crippen LogP contribution >= 0.6 is 11.3 Å². The molecular weight excluding hydrogens is 370 g/mol. The van der Waals surface area contributed by atoms with Crippen molar-refractivity contribution in [1.29, 1.82) is 0 Å². The van der Waals surface area contributed by atoms with Gasteiger partial charge in [-0.1, -0.05) is 12.1 Å². The Hall–Kier alpha value is -2.25. The lowest BCUT2D eigenvalue weighted by molar-refractivity contribution is -0.121. The number of benzene rings is 1. The number of piperidine rings is 1. The van der Waals surface area contributed by atoms with Gasteiger partial charge in [0.15, 0.2) is 0 Å². The van der Waals surface area contributed by atoms with Gasteiger partial charge < -0.3 is 5.32 Å². The molecule has 1 amide bonds. The topological polar surface area (TPSA) is 63.1 Å². The summed E-state index contributed by atoms with van der Waals surface area (Å²) in [7, 11) is 1.90. The van der Waals surface area contributed by atoms with Crippen LogP contribution in [0.2, 0.25) is 0 Å². The van der Waals surface area contributed by atoms with Crippen molar-refractivity contribution in [1.82, 2.24) is 19.7 Å². The molecule has 0 saturated carbocycles. The number of hydrogen-bond donors (Lipinski definition) is 1. The van der Waals surface area contributed by atoms with E-state index in [-0.39, 0.29) is 11.9 Å². The van der Waals surface area contributed by atoms with Crippen LogP contribution in [0.25, 0.3) is 10.2 Å². The van der Waals surface area contributed by atoms with E-state index in [1.165, 1.54) is 9.71 Å². The van der Waals surface area contributed by atoms with Crippen LogP contribution in [0.5, 0.6) is 0 Å². The number of amides is 1. The second-order valence-electron chi connectivity index (χ2n) is 7.69. The van der Waals surface area contributed by atoms with Crippen LogP contribution in [0, 0.1) is 13.8 Å². The molecule has 3 aromatic rings. The fraction of sp³-hybridized carbons (Fsp3) is 0.476. The summed E-state index contributed by atoms with van der Waals surface area (Å²) in [5.41, 5.74) is 3.74. The summed E-state index contributed by atoms with van der Waals surface area (Å²) >= 11 is 1.79. The summed E-state index contributed by atoms with van der Waals surface area (Å²) in [6, 6.07) is 8.12. The van der Waals surface area contributed by atoms with Crippen LogP contribution < -0.4 is 5.32 Å². The molecule has 0 bridgehead atoms. The third kappa shape index (κ3) is 3.56. The first-order valence-electron chi connectivity index (χ1n) is 9.84. The van der Waals surface area contributed by atoms with Gasteiger partial charge in [0, 0.05) is 19.5 Å². The minimum absolute atomic E-state index is 0.0316. The largest absolute Gasteiger partial charge is 0.322 e. The van der Waals surface area contributed by atoms with E-state index in [1.807, 2.05) is 33.9 Å². The Morgan fingerprint density at radius 3 is 2.82 bits per heavy atom. The zero-order chi connectivity index (χ0) is 19.8. The number of para-hydroxylation sites is 1. The van der Waals surface area contributed by atoms with E-state index < -0.39 is 0 Å². The summed E-state index contributed by atoms with van der Waals surface area (Å²) in [5.74, 6) is 0.424. The Morgan fingerprint density at radius 2 is 2.11 bits per heavy atom. The quantitative estimate of drug-likeness (QED) is 0.726. The SMILES string of the molecule is Cc1nn(C)c(C)c1NC(=O)[C@H](C)N1CCC[C@H](c2nc3ccccc3s2)C1. The second kappa shape index (κ2) is 7.64. The van der Waals surface area contributed by atoms with E-state index in [9.17, 15) is 4.79 Å². The number of carbonyl (C=O) groups is 1. The highest BCUT2D eigenvalue weighted by Gasteiger charge is 2.30. The summed E-state index contributed by atoms with van der Waals surface area (Å²) in [6.07, 6.45) is 2.22. The van der Waals surface area contributed by atoms with Gasteiger partial charge in [-0.05, 0) is 52.3 Å². The number of rotatable bonds is 4. The summed E-state index contributed by atoms with van der Waals surface area (Å²) < 4.78 is 3.04. The Balaban J connectivity index is 1.46. The highest BCUT2D eigenvalue weighted by molar-refractivity contribution is 7.18. The van der Waals surface area contributed by atoms with Gasteiger partial charge in [-0.2, -0.15) is 5.10 Å². The number of fused-ring (bicyclic) bond motifs is 1. The van der Waals surface area contributed by atoms with Crippen molar-refractivity contribution in [2.45, 2.75) is 45.6 Å². The van der Waals surface area contributed by atoms with Crippen molar-refractivity contribution >= 4 is 33.1 Å². The van der Waals surface area contributed by atoms with Gasteiger partial charge in [-0.3, -0.25) is 14.4 Å². The number of aryl methyl sites for hydroxylation is 2. The summed E-state index contributed by atoms with van der Waals surface area (Å²) in [6.45, 7) is 7.72. The number of carbonyl (C=O) groups excluding carboxylic acids is 1. The molecule has 1 N–H and O–H groups in total. The molecule has 2 aromatic heterocycles. The summed E-state index contributed by atoms with van der Waals surface area (Å²) in [5, 5.41) is 8.68. The van der Waals surface area contributed by atoms with Crippen LogP contribution in [0.1, 0.15) is 42.1 Å². The van der Waals surface area contributed by atoms with Crippen molar-refractivity contribution in [2.24, 2.45) is 7.05 Å². The number of nitrogens with zero attached hydrogens (tertiary/aromatic N) is 4. The lowest BCUT2D eigenvalue weighted by Crippen LogP contribution is -2.46. The molecule has 3 heterocycles. The zero-order valence-corrected chi connectivity index (χ0v) is 17.7. The molecule has 7 heteroatoms. The Labute approximate surface area is 169 Å². The molecule has 148 valence electrons. The van der Waals surface area contributed by atoms with E-state index >= 15 is 0 Å². The standard InChI is InChI=1S/C21H27N5OS/c1-13-19(14(2)25(4)24-13)23-20(27)15(3)26-11-7-8-16(12-26)21-22-17-9-5-6-10-18(17)28-21/h5-6,9-10,15-16H,7-8,11-12H2,1-4H3,(H,23,27)/t15-,16-/m0/s1. The fourth-order valence-corrected chi connectivity index (χ4v) is 5.07. The number of aromatic nitrogens is 3. The van der Waals surface area contributed by atoms with Gasteiger partial charge in [0.1, 0.15) is 0 Å². The lowest BCUT2D eigenvalue weighted by atomic mass is 9.97. The molecule has 1 aromatic carbocycles. The van der Waals surface area contributed by atoms with Gasteiger partial charge in [0.25, 0.3) is 0 Å². The molecule has 1 aliphatic rings. The predicted octanol–water partition coefficient (Wildman–Crippen LogP) is 3.85. The van der Waals surface area contributed by atoms with Crippen molar-refractivity contribution in [3.8, 4) is 0 Å². The average molecular weight is 398 g/mol. The van der Waals surface area contributed by atoms with Crippen molar-refractivity contribution in [3.05, 3.63) is 40.7 Å². The molecule has 0 aliphatic carbocycles. The van der Waals surface area contributed by atoms with Gasteiger partial charge in [0.2, 0.25) is 5.91 Å². The number of likely N-dealkylation sites (tertiary alicyclic amines) is 1. The average Bonchev–Trinajstić information content (AvgIpc) is 3.24. The minimum atomic E-state index is -0.184. The molecule has 1 saturated heterocycles. The molecule has 1 aliphatic heterocycles. The normalized spacial score (nSPS) is 19.1. The third-order valence-electron chi connectivity index (χ3n) is 5.80. The maximum absolute atomic E-state index is 12.9. The molecule has 0 spiro atoms. The Kier molecular flexibility index (Phi) is 5.21. The van der Waals surface area contributed by atoms with Crippen LogP contribution in [0.15, 0.2) is 24.3 Å². The van der Waals surface area contributed by atoms with E-state index in [2.05, 4.69) is 33.5 Å². The molecule has 1 fully saturated rings. The first kappa shape index (κ1) is 19.1. The van der Waals surface area contributed by atoms with Gasteiger partial charge >= 0.3 is 0 Å². The van der Waals surface area contributed by atoms with Crippen LogP contribution in [0.3, 0.4) is 0 Å². The van der Waals surface area contributed by atoms with E-state index in [1.54, 1.807) is 16.0 Å². The van der Waals surface area contributed by atoms with Crippen molar-refractivity contribution < 1.29 is 4.79 Å². The number of anilines is 1. The smallest absolute Gasteiger partial charge is 0.241 e. The summed E-state index contributed by atoms with van der Waals surface area (Å²) in [4.78, 5) is 20.0. The maximum Gasteiger partial charge on any atom is 0.241 e. The third-order valence-corrected chi connectivity index (χ3v) is 7.00. The Bertz CT molecular complexity index is 975. The Morgan fingerprint density at radius 1 is 1.32 bits per heavy atom. The second-order valence-corrected chi connectivity index (χ2v) is 8.75. The van der Waals surface area contributed by atoms with E-state index in [4.69, 9.17) is 4.98 Å². The van der Waals surface area contributed by atoms with Crippen molar-refractivity contribution in [2.75, 3.05) is 18.4 Å². The molecule has 0 unspecified atom stereocenters. The minimum Gasteiger partial charge on any atom is -0.322 e. The molecule has 4 rings (SSSR count). The molecule has 28 heavy (non-hydrogen) atoms. The zero-order valence-electron chi connectivity index (χ0n) is 16.9. The number of hydrogen-bond acceptors (Lipinski definition) is 5. The first-order valence-corrected chi connectivity index (χ1v) is 10.7. The molecule has 2 atom stereocenters. The number of thiazole rings is 1. The predicted molar refractivity (Wildman–Crippen MR) is 114 cm³/mol. The first-order chi connectivity index (χ1) is 13.4. The lowest BCUT2D eigenvalue weighted by Gasteiger charge is -2.35. The van der Waals surface area contributed by atoms with Crippen LogP contribution in [-0.2, 0) is 11.8 Å². The van der Waals surface area contributed by atoms with Gasteiger partial charge in [-0.15, -0.1) is 11.3 Å². The monoisotopic (exact) mass is 397 g/mol. The molecular formula is C21H27N5OS. The molecule has 6 nitrogen and oxygen atoms in total. The van der Waals surface area contributed by atoms with E-state index in [0.29, 0.717) is 5.92 Å². The van der Waals surface area contributed by atoms with Crippen LogP contribution in [0.4, 0.5) is 5.69 Å². The number of nitrogens with one attached hydrogen (secondary N) is 1. The highest BCUT2D eigenvalue weighted by Crippen LogP contribution is 2.33. The molecule has 0 radical (unpaired) electrons. The van der Waals surface area contributed by atoms with Gasteiger partial charge in [-0.25, -0.2) is 4.98 Å². The van der Waals surface area contributed by atoms with E-state index in [0.717, 1.165) is 48.5 Å². The maximum atomic E-state index is 12.9. The van der Waals surface area contributed by atoms with Gasteiger partial charge in [0.05, 0.1) is 38.3 Å². The van der Waals surface area contributed by atoms with Crippen LogP contribution in [-0.4, -0.2) is 44.7 Å².